The van der Waals surface area contributed by atoms with Gasteiger partial charge in [0.2, 0.25) is 0 Å². The van der Waals surface area contributed by atoms with Crippen LogP contribution in [-0.2, 0) is 4.79 Å². The van der Waals surface area contributed by atoms with E-state index in [1.165, 1.54) is 0 Å². The molecule has 2 aromatic carbocycles. The van der Waals surface area contributed by atoms with Crippen molar-refractivity contribution >= 4 is 44.8 Å². The Balaban J connectivity index is 1.91. The molecular formula is C14H12BrClN2O2. The van der Waals surface area contributed by atoms with Gasteiger partial charge in [-0.15, -0.1) is 0 Å². The number of ether oxygens (including phenoxy) is 1. The van der Waals surface area contributed by atoms with E-state index in [1.54, 1.807) is 30.3 Å². The van der Waals surface area contributed by atoms with Gasteiger partial charge in [0.25, 0.3) is 5.91 Å². The molecule has 0 aliphatic carbocycles. The van der Waals surface area contributed by atoms with E-state index in [4.69, 9.17) is 22.1 Å². The van der Waals surface area contributed by atoms with Crippen LogP contribution in [-0.4, -0.2) is 12.5 Å². The van der Waals surface area contributed by atoms with Crippen molar-refractivity contribution in [1.29, 1.82) is 0 Å². The highest BCUT2D eigenvalue weighted by Gasteiger charge is 2.05. The van der Waals surface area contributed by atoms with E-state index in [1.807, 2.05) is 12.1 Å². The van der Waals surface area contributed by atoms with Gasteiger partial charge in [-0.1, -0.05) is 33.6 Å². The van der Waals surface area contributed by atoms with E-state index in [0.717, 1.165) is 4.47 Å². The number of carbonyl (C=O) groups is 1. The van der Waals surface area contributed by atoms with Gasteiger partial charge in [-0.3, -0.25) is 4.79 Å². The number of nitrogen functional groups attached to an aromatic ring is 1. The van der Waals surface area contributed by atoms with Gasteiger partial charge >= 0.3 is 0 Å². The van der Waals surface area contributed by atoms with Crippen molar-refractivity contribution in [1.82, 2.24) is 0 Å². The van der Waals surface area contributed by atoms with E-state index in [0.29, 0.717) is 22.1 Å². The highest BCUT2D eigenvalue weighted by molar-refractivity contribution is 9.10. The molecule has 3 N–H and O–H groups in total. The minimum atomic E-state index is -0.272. The highest BCUT2D eigenvalue weighted by Crippen LogP contribution is 2.22. The molecule has 0 fully saturated rings. The topological polar surface area (TPSA) is 64.3 Å². The Morgan fingerprint density at radius 2 is 2.10 bits per heavy atom. The van der Waals surface area contributed by atoms with Crippen molar-refractivity contribution in [2.75, 3.05) is 17.7 Å². The quantitative estimate of drug-likeness (QED) is 0.822. The molecule has 0 bridgehead atoms. The SMILES string of the molecule is Nc1cc(NC(=O)COc2cccc(Br)c2)ccc1Cl. The third kappa shape index (κ3) is 4.15. The number of hydrogen-bond donors (Lipinski definition) is 2. The van der Waals surface area contributed by atoms with Crippen LogP contribution in [0.1, 0.15) is 0 Å². The number of amides is 1. The fourth-order valence-corrected chi connectivity index (χ4v) is 2.02. The molecule has 0 saturated heterocycles. The highest BCUT2D eigenvalue weighted by atomic mass is 79.9. The number of anilines is 2. The lowest BCUT2D eigenvalue weighted by Crippen LogP contribution is -2.20. The van der Waals surface area contributed by atoms with Gasteiger partial charge < -0.3 is 15.8 Å². The fraction of sp³-hybridized carbons (Fsp3) is 0.0714. The molecular weight excluding hydrogens is 344 g/mol. The standard InChI is InChI=1S/C14H12BrClN2O2/c15-9-2-1-3-11(6-9)20-8-14(19)18-10-4-5-12(16)13(17)7-10/h1-7H,8,17H2,(H,18,19). The smallest absolute Gasteiger partial charge is 0.262 e. The normalized spacial score (nSPS) is 10.1. The zero-order chi connectivity index (χ0) is 14.5. The number of benzene rings is 2. The molecule has 4 nitrogen and oxygen atoms in total. The Hall–Kier alpha value is -1.72. The van der Waals surface area contributed by atoms with Crippen molar-refractivity contribution in [2.24, 2.45) is 0 Å². The van der Waals surface area contributed by atoms with Crippen LogP contribution in [0.4, 0.5) is 11.4 Å². The zero-order valence-corrected chi connectivity index (χ0v) is 12.7. The van der Waals surface area contributed by atoms with Crippen molar-refractivity contribution < 1.29 is 9.53 Å². The summed E-state index contributed by atoms with van der Waals surface area (Å²) < 4.78 is 6.27. The van der Waals surface area contributed by atoms with Crippen LogP contribution in [0.3, 0.4) is 0 Å². The summed E-state index contributed by atoms with van der Waals surface area (Å²) >= 11 is 9.14. The molecule has 0 unspecified atom stereocenters. The summed E-state index contributed by atoms with van der Waals surface area (Å²) in [7, 11) is 0. The molecule has 0 radical (unpaired) electrons. The van der Waals surface area contributed by atoms with Crippen LogP contribution in [0.2, 0.25) is 5.02 Å². The summed E-state index contributed by atoms with van der Waals surface area (Å²) in [6.07, 6.45) is 0. The Morgan fingerprint density at radius 1 is 1.30 bits per heavy atom. The Morgan fingerprint density at radius 3 is 2.80 bits per heavy atom. The Labute approximate surface area is 130 Å². The van der Waals surface area contributed by atoms with Crippen LogP contribution >= 0.6 is 27.5 Å². The second-order valence-corrected chi connectivity index (χ2v) is 5.35. The average Bonchev–Trinajstić information content (AvgIpc) is 2.41. The van der Waals surface area contributed by atoms with E-state index in [9.17, 15) is 4.79 Å². The Kier molecular flexibility index (Phi) is 4.87. The van der Waals surface area contributed by atoms with E-state index in [-0.39, 0.29) is 12.5 Å². The number of halogens is 2. The van der Waals surface area contributed by atoms with Crippen molar-refractivity contribution in [3.05, 3.63) is 52.0 Å². The van der Waals surface area contributed by atoms with Crippen LogP contribution < -0.4 is 15.8 Å². The van der Waals surface area contributed by atoms with Gasteiger partial charge in [0.1, 0.15) is 5.75 Å². The predicted octanol–water partition coefficient (Wildman–Crippen LogP) is 3.70. The third-order valence-corrected chi connectivity index (χ3v) is 3.28. The minimum Gasteiger partial charge on any atom is -0.484 e. The molecule has 2 aromatic rings. The van der Waals surface area contributed by atoms with Gasteiger partial charge in [0.05, 0.1) is 10.7 Å². The largest absolute Gasteiger partial charge is 0.484 e. The lowest BCUT2D eigenvalue weighted by Gasteiger charge is -2.08. The maximum atomic E-state index is 11.7. The van der Waals surface area contributed by atoms with Gasteiger partial charge in [-0.2, -0.15) is 0 Å². The monoisotopic (exact) mass is 354 g/mol. The second-order valence-electron chi connectivity index (χ2n) is 4.03. The summed E-state index contributed by atoms with van der Waals surface area (Å²) in [6, 6.07) is 12.2. The molecule has 0 spiro atoms. The average molecular weight is 356 g/mol. The van der Waals surface area contributed by atoms with Gasteiger partial charge in [-0.25, -0.2) is 0 Å². The summed E-state index contributed by atoms with van der Waals surface area (Å²) in [6.45, 7) is -0.0843. The first-order chi connectivity index (χ1) is 9.54. The second kappa shape index (κ2) is 6.63. The van der Waals surface area contributed by atoms with E-state index >= 15 is 0 Å². The summed E-state index contributed by atoms with van der Waals surface area (Å²) in [4.78, 5) is 11.7. The van der Waals surface area contributed by atoms with Gasteiger partial charge in [0.15, 0.2) is 6.61 Å². The molecule has 0 aromatic heterocycles. The zero-order valence-electron chi connectivity index (χ0n) is 10.4. The minimum absolute atomic E-state index is 0.0843. The summed E-state index contributed by atoms with van der Waals surface area (Å²) in [5.74, 6) is 0.344. The lowest BCUT2D eigenvalue weighted by atomic mass is 10.3. The first-order valence-electron chi connectivity index (χ1n) is 5.78. The van der Waals surface area contributed by atoms with Gasteiger partial charge in [0, 0.05) is 10.2 Å². The molecule has 104 valence electrons. The molecule has 0 aliphatic rings. The van der Waals surface area contributed by atoms with Crippen LogP contribution in [0, 0.1) is 0 Å². The molecule has 6 heteroatoms. The van der Waals surface area contributed by atoms with Crippen LogP contribution in [0.5, 0.6) is 5.75 Å². The molecule has 0 heterocycles. The van der Waals surface area contributed by atoms with Crippen LogP contribution in [0.25, 0.3) is 0 Å². The number of nitrogens with one attached hydrogen (secondary N) is 1. The lowest BCUT2D eigenvalue weighted by molar-refractivity contribution is -0.118. The van der Waals surface area contributed by atoms with Crippen molar-refractivity contribution in [3.8, 4) is 5.75 Å². The molecule has 2 rings (SSSR count). The number of rotatable bonds is 4. The van der Waals surface area contributed by atoms with E-state index < -0.39 is 0 Å². The van der Waals surface area contributed by atoms with Gasteiger partial charge in [-0.05, 0) is 36.4 Å². The first-order valence-corrected chi connectivity index (χ1v) is 6.95. The first kappa shape index (κ1) is 14.7. The maximum absolute atomic E-state index is 11.7. The van der Waals surface area contributed by atoms with E-state index in [2.05, 4.69) is 21.2 Å². The molecule has 1 amide bonds. The molecule has 0 saturated carbocycles. The molecule has 0 aliphatic heterocycles. The third-order valence-electron chi connectivity index (χ3n) is 2.45. The van der Waals surface area contributed by atoms with Crippen LogP contribution in [0.15, 0.2) is 46.9 Å². The van der Waals surface area contributed by atoms with Crippen molar-refractivity contribution in [2.45, 2.75) is 0 Å². The molecule has 20 heavy (non-hydrogen) atoms. The predicted molar refractivity (Wildman–Crippen MR) is 84.1 cm³/mol. The number of nitrogens with two attached hydrogens (primary N) is 1. The fourth-order valence-electron chi connectivity index (χ4n) is 1.52. The number of hydrogen-bond acceptors (Lipinski definition) is 3. The van der Waals surface area contributed by atoms with Crippen molar-refractivity contribution in [3.63, 3.8) is 0 Å². The number of carbonyl (C=O) groups excluding carboxylic acids is 1. The summed E-state index contributed by atoms with van der Waals surface area (Å²) in [5, 5.41) is 3.13. The maximum Gasteiger partial charge on any atom is 0.262 e. The Bertz CT molecular complexity index is 634. The molecule has 0 atom stereocenters. The summed E-state index contributed by atoms with van der Waals surface area (Å²) in [5.41, 5.74) is 6.65.